The second kappa shape index (κ2) is 6.42. The van der Waals surface area contributed by atoms with E-state index in [4.69, 9.17) is 0 Å². The van der Waals surface area contributed by atoms with Gasteiger partial charge >= 0.3 is 0 Å². The highest BCUT2D eigenvalue weighted by Gasteiger charge is 2.10. The van der Waals surface area contributed by atoms with Gasteiger partial charge in [-0.15, -0.1) is 0 Å². The molecule has 0 spiro atoms. The second-order valence-electron chi connectivity index (χ2n) is 6.08. The number of para-hydroxylation sites is 1. The fourth-order valence-corrected chi connectivity index (χ4v) is 2.97. The highest BCUT2D eigenvalue weighted by Crippen LogP contribution is 2.30. The molecule has 2 aromatic carbocycles. The third kappa shape index (κ3) is 3.08. The lowest BCUT2D eigenvalue weighted by Crippen LogP contribution is -2.32. The van der Waals surface area contributed by atoms with Crippen LogP contribution in [-0.2, 0) is 11.3 Å². The summed E-state index contributed by atoms with van der Waals surface area (Å²) in [5.74, 6) is -0.0164. The molecule has 3 aromatic rings. The van der Waals surface area contributed by atoms with Crippen LogP contribution in [0, 0.1) is 0 Å². The molecule has 0 bridgehead atoms. The zero-order chi connectivity index (χ0) is 16.4. The summed E-state index contributed by atoms with van der Waals surface area (Å²) >= 11 is 0. The number of aryl methyl sites for hydroxylation is 1. The fourth-order valence-electron chi connectivity index (χ4n) is 2.97. The Morgan fingerprint density at radius 2 is 1.83 bits per heavy atom. The largest absolute Gasteiger partial charge is 0.341 e. The van der Waals surface area contributed by atoms with E-state index in [1.807, 2.05) is 19.9 Å². The number of carbonyl (C=O) groups is 1. The summed E-state index contributed by atoms with van der Waals surface area (Å²) < 4.78 is 2.30. The average molecular weight is 309 g/mol. The number of nitrogens with one attached hydrogen (secondary N) is 2. The van der Waals surface area contributed by atoms with Crippen LogP contribution < -0.4 is 10.6 Å². The molecule has 0 saturated heterocycles. The molecule has 0 aliphatic rings. The van der Waals surface area contributed by atoms with Crippen molar-refractivity contribution in [3.8, 4) is 0 Å². The number of nitrogens with zero attached hydrogens (tertiary/aromatic N) is 1. The van der Waals surface area contributed by atoms with Gasteiger partial charge < -0.3 is 15.2 Å². The maximum absolute atomic E-state index is 12.0. The molecular weight excluding hydrogens is 286 g/mol. The lowest BCUT2D eigenvalue weighted by Gasteiger charge is -2.09. The molecule has 0 aliphatic heterocycles. The predicted octanol–water partition coefficient (Wildman–Crippen LogP) is 3.75. The Balaban J connectivity index is 1.96. The molecule has 3 rings (SSSR count). The van der Waals surface area contributed by atoms with Gasteiger partial charge in [-0.05, 0) is 31.2 Å². The van der Waals surface area contributed by atoms with Crippen molar-refractivity contribution in [1.29, 1.82) is 0 Å². The Morgan fingerprint density at radius 1 is 1.09 bits per heavy atom. The van der Waals surface area contributed by atoms with Crippen LogP contribution in [0.3, 0.4) is 0 Å². The van der Waals surface area contributed by atoms with Crippen LogP contribution in [0.25, 0.3) is 21.8 Å². The van der Waals surface area contributed by atoms with Crippen LogP contribution in [0.2, 0.25) is 0 Å². The molecule has 0 radical (unpaired) electrons. The quantitative estimate of drug-likeness (QED) is 0.754. The van der Waals surface area contributed by atoms with Gasteiger partial charge in [0.15, 0.2) is 0 Å². The van der Waals surface area contributed by atoms with Crippen LogP contribution in [-0.4, -0.2) is 23.1 Å². The molecule has 0 unspecified atom stereocenters. The van der Waals surface area contributed by atoms with E-state index in [2.05, 4.69) is 58.5 Å². The van der Waals surface area contributed by atoms with E-state index in [1.54, 1.807) is 0 Å². The number of fused-ring (bicyclic) bond motifs is 3. The van der Waals surface area contributed by atoms with E-state index in [1.165, 1.54) is 21.8 Å². The molecule has 0 saturated carbocycles. The van der Waals surface area contributed by atoms with Crippen molar-refractivity contribution in [3.63, 3.8) is 0 Å². The maximum atomic E-state index is 12.0. The first-order valence-electron chi connectivity index (χ1n) is 8.14. The first kappa shape index (κ1) is 15.6. The molecule has 4 heteroatoms. The Hall–Kier alpha value is -2.33. The SMILES string of the molecule is CCn1c2ccccc2c2cc(NC(=O)CNC(C)C)ccc21. The molecule has 0 aliphatic carbocycles. The fraction of sp³-hybridized carbons (Fsp3) is 0.316. The topological polar surface area (TPSA) is 46.1 Å². The molecule has 0 atom stereocenters. The second-order valence-corrected chi connectivity index (χ2v) is 6.08. The molecular formula is C19H23N3O. The van der Waals surface area contributed by atoms with Gasteiger partial charge in [-0.3, -0.25) is 4.79 Å². The standard InChI is InChI=1S/C19H23N3O/c1-4-22-17-8-6-5-7-15(17)16-11-14(9-10-18(16)22)21-19(23)12-20-13(2)3/h5-11,13,20H,4,12H2,1-3H3,(H,21,23). The van der Waals surface area contributed by atoms with Crippen molar-refractivity contribution < 1.29 is 4.79 Å². The van der Waals surface area contributed by atoms with E-state index < -0.39 is 0 Å². The van der Waals surface area contributed by atoms with Crippen molar-refractivity contribution in [1.82, 2.24) is 9.88 Å². The minimum atomic E-state index is -0.0164. The number of carbonyl (C=O) groups excluding carboxylic acids is 1. The minimum Gasteiger partial charge on any atom is -0.341 e. The molecule has 4 nitrogen and oxygen atoms in total. The summed E-state index contributed by atoms with van der Waals surface area (Å²) in [5.41, 5.74) is 3.27. The minimum absolute atomic E-state index is 0.0164. The van der Waals surface area contributed by atoms with Crippen LogP contribution >= 0.6 is 0 Å². The third-order valence-corrected chi connectivity index (χ3v) is 4.04. The third-order valence-electron chi connectivity index (χ3n) is 4.04. The number of aromatic nitrogens is 1. The molecule has 23 heavy (non-hydrogen) atoms. The van der Waals surface area contributed by atoms with Gasteiger partial charge in [-0.1, -0.05) is 32.0 Å². The Kier molecular flexibility index (Phi) is 4.35. The Labute approximate surface area is 136 Å². The van der Waals surface area contributed by atoms with Crippen LogP contribution in [0.15, 0.2) is 42.5 Å². The summed E-state index contributed by atoms with van der Waals surface area (Å²) in [5, 5.41) is 8.50. The van der Waals surface area contributed by atoms with Crippen LogP contribution in [0.4, 0.5) is 5.69 Å². The summed E-state index contributed by atoms with van der Waals surface area (Å²) in [6.45, 7) is 7.46. The van der Waals surface area contributed by atoms with Crippen molar-refractivity contribution in [3.05, 3.63) is 42.5 Å². The van der Waals surface area contributed by atoms with E-state index in [0.717, 1.165) is 12.2 Å². The Morgan fingerprint density at radius 3 is 2.57 bits per heavy atom. The van der Waals surface area contributed by atoms with Gasteiger partial charge in [0.05, 0.1) is 6.54 Å². The predicted molar refractivity (Wildman–Crippen MR) is 96.9 cm³/mol. The zero-order valence-electron chi connectivity index (χ0n) is 13.9. The van der Waals surface area contributed by atoms with Gasteiger partial charge in [0, 0.05) is 40.1 Å². The van der Waals surface area contributed by atoms with Crippen LogP contribution in [0.1, 0.15) is 20.8 Å². The summed E-state index contributed by atoms with van der Waals surface area (Å²) in [4.78, 5) is 12.0. The van der Waals surface area contributed by atoms with E-state index in [0.29, 0.717) is 12.6 Å². The monoisotopic (exact) mass is 309 g/mol. The molecule has 120 valence electrons. The van der Waals surface area contributed by atoms with Crippen molar-refractivity contribution in [2.75, 3.05) is 11.9 Å². The average Bonchev–Trinajstić information content (AvgIpc) is 2.86. The van der Waals surface area contributed by atoms with Crippen molar-refractivity contribution >= 4 is 33.4 Å². The molecule has 1 amide bonds. The van der Waals surface area contributed by atoms with Crippen molar-refractivity contribution in [2.45, 2.75) is 33.4 Å². The Bertz CT molecular complexity index is 848. The van der Waals surface area contributed by atoms with Crippen molar-refractivity contribution in [2.24, 2.45) is 0 Å². The summed E-state index contributed by atoms with van der Waals surface area (Å²) in [7, 11) is 0. The first-order valence-corrected chi connectivity index (χ1v) is 8.14. The number of hydrogen-bond donors (Lipinski definition) is 2. The number of rotatable bonds is 5. The normalized spacial score (nSPS) is 11.5. The van der Waals surface area contributed by atoms with Gasteiger partial charge in [0.1, 0.15) is 0 Å². The van der Waals surface area contributed by atoms with E-state index >= 15 is 0 Å². The van der Waals surface area contributed by atoms with E-state index in [9.17, 15) is 4.79 Å². The number of anilines is 1. The highest BCUT2D eigenvalue weighted by molar-refractivity contribution is 6.09. The van der Waals surface area contributed by atoms with Gasteiger partial charge in [0.2, 0.25) is 5.91 Å². The van der Waals surface area contributed by atoms with Crippen LogP contribution in [0.5, 0.6) is 0 Å². The van der Waals surface area contributed by atoms with Gasteiger partial charge in [-0.2, -0.15) is 0 Å². The lowest BCUT2D eigenvalue weighted by molar-refractivity contribution is -0.115. The summed E-state index contributed by atoms with van der Waals surface area (Å²) in [6.07, 6.45) is 0. The number of benzene rings is 2. The smallest absolute Gasteiger partial charge is 0.238 e. The highest BCUT2D eigenvalue weighted by atomic mass is 16.1. The van der Waals surface area contributed by atoms with E-state index in [-0.39, 0.29) is 5.91 Å². The van der Waals surface area contributed by atoms with Gasteiger partial charge in [-0.25, -0.2) is 0 Å². The first-order chi connectivity index (χ1) is 11.1. The number of amides is 1. The molecule has 1 aromatic heterocycles. The zero-order valence-corrected chi connectivity index (χ0v) is 13.9. The lowest BCUT2D eigenvalue weighted by atomic mass is 10.1. The molecule has 1 heterocycles. The maximum Gasteiger partial charge on any atom is 0.238 e. The summed E-state index contributed by atoms with van der Waals surface area (Å²) in [6, 6.07) is 14.8. The van der Waals surface area contributed by atoms with Gasteiger partial charge in [0.25, 0.3) is 0 Å². The number of hydrogen-bond acceptors (Lipinski definition) is 2. The molecule has 2 N–H and O–H groups in total. The molecule has 0 fully saturated rings.